The molecule has 0 radical (unpaired) electrons. The van der Waals surface area contributed by atoms with Crippen LogP contribution in [0.5, 0.6) is 0 Å². The second-order valence-corrected chi connectivity index (χ2v) is 5.64. The van der Waals surface area contributed by atoms with Gasteiger partial charge in [0.1, 0.15) is 0 Å². The standard InChI is InChI=1S/C13H24N2O2/c1-10(7-13(16)17)15(8-11-4-5-11)9-12-3-2-6-14-12/h10-12,14H,2-9H2,1H3,(H,16,17). The van der Waals surface area contributed by atoms with Crippen LogP contribution in [0.4, 0.5) is 0 Å². The molecule has 2 unspecified atom stereocenters. The van der Waals surface area contributed by atoms with Gasteiger partial charge in [0.05, 0.1) is 6.42 Å². The summed E-state index contributed by atoms with van der Waals surface area (Å²) in [5, 5.41) is 12.4. The molecule has 0 aromatic carbocycles. The lowest BCUT2D eigenvalue weighted by molar-refractivity contribution is -0.138. The summed E-state index contributed by atoms with van der Waals surface area (Å²) in [5.41, 5.74) is 0. The Hall–Kier alpha value is -0.610. The molecule has 1 aliphatic carbocycles. The van der Waals surface area contributed by atoms with Crippen molar-refractivity contribution in [2.45, 2.75) is 51.1 Å². The van der Waals surface area contributed by atoms with E-state index in [1.165, 1.54) is 25.7 Å². The van der Waals surface area contributed by atoms with Crippen LogP contribution in [0.25, 0.3) is 0 Å². The van der Waals surface area contributed by atoms with Gasteiger partial charge < -0.3 is 10.4 Å². The lowest BCUT2D eigenvalue weighted by Crippen LogP contribution is -2.44. The van der Waals surface area contributed by atoms with Crippen molar-refractivity contribution in [1.29, 1.82) is 0 Å². The molecule has 0 aromatic rings. The highest BCUT2D eigenvalue weighted by Crippen LogP contribution is 2.30. The van der Waals surface area contributed by atoms with E-state index in [9.17, 15) is 4.79 Å². The minimum absolute atomic E-state index is 0.163. The van der Waals surface area contributed by atoms with Crippen LogP contribution >= 0.6 is 0 Å². The third kappa shape index (κ3) is 4.28. The van der Waals surface area contributed by atoms with Crippen LogP contribution in [0.15, 0.2) is 0 Å². The fraction of sp³-hybridized carbons (Fsp3) is 0.923. The summed E-state index contributed by atoms with van der Waals surface area (Å²) in [5.74, 6) is 0.144. The van der Waals surface area contributed by atoms with Gasteiger partial charge in [-0.15, -0.1) is 0 Å². The van der Waals surface area contributed by atoms with E-state index < -0.39 is 5.97 Å². The molecule has 2 atom stereocenters. The Morgan fingerprint density at radius 3 is 2.71 bits per heavy atom. The fourth-order valence-corrected chi connectivity index (χ4v) is 2.64. The number of nitrogens with zero attached hydrogens (tertiary/aromatic N) is 1. The van der Waals surface area contributed by atoms with Crippen LogP contribution in [0.3, 0.4) is 0 Å². The lowest BCUT2D eigenvalue weighted by atomic mass is 10.1. The predicted octanol–water partition coefficient (Wildman–Crippen LogP) is 1.31. The van der Waals surface area contributed by atoms with Crippen LogP contribution in [-0.2, 0) is 4.79 Å². The van der Waals surface area contributed by atoms with Crippen molar-refractivity contribution in [2.24, 2.45) is 5.92 Å². The summed E-state index contributed by atoms with van der Waals surface area (Å²) in [4.78, 5) is 13.2. The average molecular weight is 240 g/mol. The Morgan fingerprint density at radius 1 is 1.41 bits per heavy atom. The topological polar surface area (TPSA) is 52.6 Å². The van der Waals surface area contributed by atoms with Gasteiger partial charge in [0.15, 0.2) is 0 Å². The molecule has 1 aliphatic heterocycles. The number of aliphatic carboxylic acids is 1. The molecule has 4 nitrogen and oxygen atoms in total. The van der Waals surface area contributed by atoms with Crippen molar-refractivity contribution in [3.8, 4) is 0 Å². The molecular formula is C13H24N2O2. The van der Waals surface area contributed by atoms with Gasteiger partial charge in [-0.3, -0.25) is 9.69 Å². The van der Waals surface area contributed by atoms with Crippen molar-refractivity contribution >= 4 is 5.97 Å². The molecule has 98 valence electrons. The van der Waals surface area contributed by atoms with Crippen LogP contribution in [0.1, 0.15) is 39.0 Å². The van der Waals surface area contributed by atoms with Crippen LogP contribution in [-0.4, -0.2) is 47.7 Å². The number of rotatable bonds is 7. The fourth-order valence-electron chi connectivity index (χ4n) is 2.64. The van der Waals surface area contributed by atoms with Gasteiger partial charge in [0.2, 0.25) is 0 Å². The van der Waals surface area contributed by atoms with Gasteiger partial charge in [0.25, 0.3) is 0 Å². The molecule has 0 spiro atoms. The Morgan fingerprint density at radius 2 is 2.18 bits per heavy atom. The van der Waals surface area contributed by atoms with Crippen LogP contribution < -0.4 is 5.32 Å². The lowest BCUT2D eigenvalue weighted by Gasteiger charge is -2.30. The zero-order chi connectivity index (χ0) is 12.3. The zero-order valence-corrected chi connectivity index (χ0v) is 10.7. The largest absolute Gasteiger partial charge is 0.481 e. The first-order valence-corrected chi connectivity index (χ1v) is 6.84. The van der Waals surface area contributed by atoms with Gasteiger partial charge >= 0.3 is 5.97 Å². The Balaban J connectivity index is 1.83. The number of nitrogens with one attached hydrogen (secondary N) is 1. The molecule has 0 bridgehead atoms. The maximum absolute atomic E-state index is 10.8. The van der Waals surface area contributed by atoms with Crippen molar-refractivity contribution in [1.82, 2.24) is 10.2 Å². The highest BCUT2D eigenvalue weighted by atomic mass is 16.4. The first kappa shape index (κ1) is 12.8. The van der Waals surface area contributed by atoms with E-state index in [0.29, 0.717) is 6.04 Å². The SMILES string of the molecule is CC(CC(=O)O)N(CC1CC1)CC1CCCN1. The van der Waals surface area contributed by atoms with E-state index in [0.717, 1.165) is 25.6 Å². The van der Waals surface area contributed by atoms with Crippen molar-refractivity contribution < 1.29 is 9.90 Å². The minimum Gasteiger partial charge on any atom is -0.481 e. The Bertz CT molecular complexity index is 260. The number of carboxylic acids is 1. The number of carbonyl (C=O) groups is 1. The van der Waals surface area contributed by atoms with Gasteiger partial charge in [-0.05, 0) is 45.1 Å². The predicted molar refractivity (Wildman–Crippen MR) is 67.0 cm³/mol. The molecule has 2 aliphatic rings. The third-order valence-electron chi connectivity index (χ3n) is 3.90. The monoisotopic (exact) mass is 240 g/mol. The van der Waals surface area contributed by atoms with E-state index in [2.05, 4.69) is 10.2 Å². The first-order valence-electron chi connectivity index (χ1n) is 6.84. The minimum atomic E-state index is -0.683. The molecule has 0 amide bonds. The summed E-state index contributed by atoms with van der Waals surface area (Å²) >= 11 is 0. The Kier molecular flexibility index (Phi) is 4.40. The van der Waals surface area contributed by atoms with Gasteiger partial charge in [-0.25, -0.2) is 0 Å². The number of hydrogen-bond donors (Lipinski definition) is 2. The smallest absolute Gasteiger partial charge is 0.304 e. The molecule has 0 aromatic heterocycles. The molecule has 4 heteroatoms. The van der Waals surface area contributed by atoms with Crippen LogP contribution in [0, 0.1) is 5.92 Å². The summed E-state index contributed by atoms with van der Waals surface area (Å²) in [6.07, 6.45) is 5.42. The maximum atomic E-state index is 10.8. The van der Waals surface area contributed by atoms with Gasteiger partial charge in [-0.1, -0.05) is 0 Å². The quantitative estimate of drug-likeness (QED) is 0.704. The van der Waals surface area contributed by atoms with E-state index in [4.69, 9.17) is 5.11 Å². The molecule has 1 saturated heterocycles. The first-order chi connectivity index (χ1) is 8.15. The highest BCUT2D eigenvalue weighted by molar-refractivity contribution is 5.67. The summed E-state index contributed by atoms with van der Waals surface area (Å²) in [7, 11) is 0. The van der Waals surface area contributed by atoms with Crippen LogP contribution in [0.2, 0.25) is 0 Å². The average Bonchev–Trinajstić information content (AvgIpc) is 2.91. The van der Waals surface area contributed by atoms with Crippen molar-refractivity contribution in [3.05, 3.63) is 0 Å². The third-order valence-corrected chi connectivity index (χ3v) is 3.90. The van der Waals surface area contributed by atoms with E-state index in [-0.39, 0.29) is 12.5 Å². The molecule has 2 rings (SSSR count). The molecule has 1 saturated carbocycles. The van der Waals surface area contributed by atoms with Crippen molar-refractivity contribution in [3.63, 3.8) is 0 Å². The zero-order valence-electron chi connectivity index (χ0n) is 10.7. The summed E-state index contributed by atoms with van der Waals surface area (Å²) < 4.78 is 0. The number of carboxylic acid groups (broad SMARTS) is 1. The van der Waals surface area contributed by atoms with E-state index in [1.807, 2.05) is 6.92 Å². The van der Waals surface area contributed by atoms with Crippen molar-refractivity contribution in [2.75, 3.05) is 19.6 Å². The normalized spacial score (nSPS) is 26.4. The van der Waals surface area contributed by atoms with Gasteiger partial charge in [0, 0.05) is 25.2 Å². The molecule has 1 heterocycles. The molecular weight excluding hydrogens is 216 g/mol. The molecule has 2 N–H and O–H groups in total. The molecule has 17 heavy (non-hydrogen) atoms. The highest BCUT2D eigenvalue weighted by Gasteiger charge is 2.29. The van der Waals surface area contributed by atoms with E-state index in [1.54, 1.807) is 0 Å². The number of hydrogen-bond acceptors (Lipinski definition) is 3. The Labute approximate surface area is 103 Å². The molecule has 2 fully saturated rings. The van der Waals surface area contributed by atoms with E-state index >= 15 is 0 Å². The summed E-state index contributed by atoms with van der Waals surface area (Å²) in [6.45, 7) is 5.28. The second kappa shape index (κ2) is 5.83. The summed E-state index contributed by atoms with van der Waals surface area (Å²) in [6, 6.07) is 0.737. The maximum Gasteiger partial charge on any atom is 0.304 e. The second-order valence-electron chi connectivity index (χ2n) is 5.64. The van der Waals surface area contributed by atoms with Gasteiger partial charge in [-0.2, -0.15) is 0 Å².